The molecule has 234 valence electrons. The number of fused-ring (bicyclic) bond motifs is 8. The van der Waals surface area contributed by atoms with Gasteiger partial charge in [0.05, 0.1) is 0 Å². The maximum atomic E-state index is 6.14. The third kappa shape index (κ3) is 5.08. The van der Waals surface area contributed by atoms with Crippen molar-refractivity contribution in [3.8, 4) is 0 Å². The lowest BCUT2D eigenvalue weighted by Crippen LogP contribution is -2.19. The summed E-state index contributed by atoms with van der Waals surface area (Å²) < 4.78 is 0. The highest BCUT2D eigenvalue weighted by molar-refractivity contribution is 5.84. The van der Waals surface area contributed by atoms with E-state index in [4.69, 9.17) is 5.73 Å². The Morgan fingerprint density at radius 2 is 0.694 bits per heavy atom. The molecule has 8 heterocycles. The van der Waals surface area contributed by atoms with E-state index in [-0.39, 0.29) is 0 Å². The Morgan fingerprint density at radius 3 is 1.02 bits per heavy atom. The first-order valence-electron chi connectivity index (χ1n) is 16.0. The summed E-state index contributed by atoms with van der Waals surface area (Å²) in [6.07, 6.45) is 11.1. The lowest BCUT2D eigenvalue weighted by molar-refractivity contribution is 1.18. The van der Waals surface area contributed by atoms with Gasteiger partial charge in [-0.05, 0) is 84.4 Å². The van der Waals surface area contributed by atoms with E-state index in [0.29, 0.717) is 5.69 Å². The Kier molecular flexibility index (Phi) is 6.76. The summed E-state index contributed by atoms with van der Waals surface area (Å²) >= 11 is 0. The van der Waals surface area contributed by atoms with E-state index in [1.165, 1.54) is 0 Å². The summed E-state index contributed by atoms with van der Waals surface area (Å²) in [5, 5.41) is 3.82. The number of nitrogens with one attached hydrogen (secondary N) is 4. The molecule has 8 aromatic rings. The van der Waals surface area contributed by atoms with Crippen molar-refractivity contribution < 1.29 is 0 Å². The lowest BCUT2D eigenvalue weighted by Gasteiger charge is -2.09. The number of rotatable bonds is 4. The predicted molar refractivity (Wildman–Crippen MR) is 192 cm³/mol. The van der Waals surface area contributed by atoms with Crippen LogP contribution < -0.4 is 27.1 Å². The monoisotopic (exact) mass is 634 g/mol. The van der Waals surface area contributed by atoms with Crippen LogP contribution in [0.1, 0.15) is 45.0 Å². The largest absolute Gasteiger partial charge is 0.399 e. The van der Waals surface area contributed by atoms with Gasteiger partial charge in [0.15, 0.2) is 0 Å². The van der Waals surface area contributed by atoms with Crippen LogP contribution in [0.5, 0.6) is 0 Å². The second-order valence-electron chi connectivity index (χ2n) is 12.0. The molecule has 0 saturated heterocycles. The molecule has 8 nitrogen and oxygen atoms in total. The van der Waals surface area contributed by atoms with Crippen LogP contribution in [0.3, 0.4) is 0 Å². The first-order chi connectivity index (χ1) is 24.2. The van der Waals surface area contributed by atoms with Crippen LogP contribution in [0.25, 0.3) is 22.3 Å². The van der Waals surface area contributed by atoms with Gasteiger partial charge in [-0.15, -0.1) is 0 Å². The molecule has 0 aliphatic carbocycles. The van der Waals surface area contributed by atoms with Gasteiger partial charge < -0.3 is 25.7 Å². The second-order valence-corrected chi connectivity index (χ2v) is 12.0. The summed E-state index contributed by atoms with van der Waals surface area (Å²) in [6, 6.07) is 37.2. The van der Waals surface area contributed by atoms with Crippen molar-refractivity contribution in [3.05, 3.63) is 213 Å². The highest BCUT2D eigenvalue weighted by atomic mass is 14.8. The van der Waals surface area contributed by atoms with E-state index >= 15 is 0 Å². The van der Waals surface area contributed by atoms with Crippen molar-refractivity contribution in [2.75, 3.05) is 5.73 Å². The van der Waals surface area contributed by atoms with Crippen molar-refractivity contribution in [2.24, 2.45) is 0 Å². The molecule has 0 saturated carbocycles. The smallest absolute Gasteiger partial charge is 0.0486 e. The molecule has 0 radical (unpaired) electrons. The molecule has 7 aromatic heterocycles. The Bertz CT molecular complexity index is 2690. The van der Waals surface area contributed by atoms with E-state index in [1.807, 2.05) is 48.9 Å². The van der Waals surface area contributed by atoms with Crippen molar-refractivity contribution >= 4 is 28.0 Å². The number of aromatic amines is 4. The zero-order valence-electron chi connectivity index (χ0n) is 26.3. The molecule has 9 rings (SSSR count). The van der Waals surface area contributed by atoms with Crippen LogP contribution >= 0.6 is 0 Å². The highest BCUT2D eigenvalue weighted by Gasteiger charge is 2.18. The molecule has 0 amide bonds. The average Bonchev–Trinajstić information content (AvgIpc) is 3.98. The standard InChI is InChI=1S/C41H30N8/c42-29-9-7-25(8-10-29)38-30-11-13-32(46-30)39(26-4-1-19-43-22-26)34-15-17-36(48-34)41(28-6-3-21-45-24-28)37-18-16-35(49-37)40(27-5-2-20-44-23-27)33-14-12-31(38)47-33/h1-24,46-49H,42H2. The Morgan fingerprint density at radius 1 is 0.347 bits per heavy atom. The minimum absolute atomic E-state index is 0.712. The van der Waals surface area contributed by atoms with Gasteiger partial charge in [0.2, 0.25) is 0 Å². The van der Waals surface area contributed by atoms with E-state index in [0.717, 1.165) is 88.7 Å². The summed E-state index contributed by atoms with van der Waals surface area (Å²) in [4.78, 5) is 28.5. The molecular formula is C41H30N8. The van der Waals surface area contributed by atoms with Gasteiger partial charge in [-0.3, -0.25) is 15.0 Å². The predicted octanol–water partition coefficient (Wildman–Crippen LogP) is 4.07. The number of aromatic nitrogens is 7. The maximum Gasteiger partial charge on any atom is 0.0486 e. The number of hydrogen-bond donors (Lipinski definition) is 5. The molecule has 1 aliphatic heterocycles. The van der Waals surface area contributed by atoms with Gasteiger partial charge >= 0.3 is 0 Å². The van der Waals surface area contributed by atoms with Gasteiger partial charge in [0.1, 0.15) is 0 Å². The van der Waals surface area contributed by atoms with Crippen LogP contribution in [-0.2, 0) is 0 Å². The third-order valence-corrected chi connectivity index (χ3v) is 8.95. The van der Waals surface area contributed by atoms with Gasteiger partial charge in [-0.2, -0.15) is 0 Å². The molecule has 0 atom stereocenters. The minimum Gasteiger partial charge on any atom is -0.399 e. The van der Waals surface area contributed by atoms with Gasteiger partial charge in [-0.1, -0.05) is 30.3 Å². The number of nitrogen functional groups attached to an aromatic ring is 1. The number of H-pyrrole nitrogens is 4. The summed E-state index contributed by atoms with van der Waals surface area (Å²) in [5.41, 5.74) is 18.7. The summed E-state index contributed by atoms with van der Waals surface area (Å²) in [7, 11) is 0. The number of anilines is 1. The first-order valence-corrected chi connectivity index (χ1v) is 16.0. The van der Waals surface area contributed by atoms with Crippen LogP contribution in [0.4, 0.5) is 5.69 Å². The van der Waals surface area contributed by atoms with Crippen LogP contribution in [-0.4, -0.2) is 34.9 Å². The fourth-order valence-corrected chi connectivity index (χ4v) is 6.75. The lowest BCUT2D eigenvalue weighted by atomic mass is 10.0. The molecule has 8 bridgehead atoms. The molecule has 6 N–H and O–H groups in total. The first kappa shape index (κ1) is 28.3. The molecule has 1 aromatic carbocycles. The SMILES string of the molecule is Nc1ccc(C2=c3ccc([nH]3)=C(c3cccnc3)c3ccc([nH]3)C(c3cccnc3)=c3ccc([nH]3)=C(c3cccnc3)c3ccc2[nH]3)cc1. The summed E-state index contributed by atoms with van der Waals surface area (Å²) in [5.74, 6) is 0. The summed E-state index contributed by atoms with van der Waals surface area (Å²) in [6.45, 7) is 0. The number of pyridine rings is 3. The van der Waals surface area contributed by atoms with Crippen molar-refractivity contribution in [2.45, 2.75) is 0 Å². The van der Waals surface area contributed by atoms with Crippen LogP contribution in [0, 0.1) is 0 Å². The number of benzene rings is 1. The third-order valence-electron chi connectivity index (χ3n) is 8.95. The van der Waals surface area contributed by atoms with Crippen molar-refractivity contribution in [1.29, 1.82) is 0 Å². The second kappa shape index (κ2) is 11.7. The highest BCUT2D eigenvalue weighted by Crippen LogP contribution is 2.27. The molecule has 8 heteroatoms. The minimum atomic E-state index is 0.712. The topological polar surface area (TPSA) is 128 Å². The Labute approximate surface area is 280 Å². The number of hydrogen-bond acceptors (Lipinski definition) is 4. The van der Waals surface area contributed by atoms with E-state index in [1.54, 1.807) is 18.6 Å². The average molecular weight is 635 g/mol. The Balaban J connectivity index is 1.44. The van der Waals surface area contributed by atoms with Crippen LogP contribution in [0.2, 0.25) is 0 Å². The number of nitrogens with zero attached hydrogens (tertiary/aromatic N) is 3. The maximum absolute atomic E-state index is 6.14. The molecule has 0 fully saturated rings. The zero-order valence-corrected chi connectivity index (χ0v) is 26.3. The fourth-order valence-electron chi connectivity index (χ4n) is 6.75. The van der Waals surface area contributed by atoms with Gasteiger partial charge in [0.25, 0.3) is 0 Å². The van der Waals surface area contributed by atoms with Crippen molar-refractivity contribution in [1.82, 2.24) is 34.9 Å². The zero-order chi connectivity index (χ0) is 32.7. The van der Waals surface area contributed by atoms with Crippen molar-refractivity contribution in [3.63, 3.8) is 0 Å². The Hall–Kier alpha value is -6.93. The van der Waals surface area contributed by atoms with E-state index in [9.17, 15) is 0 Å². The normalized spacial score (nSPS) is 12.8. The molecule has 0 unspecified atom stereocenters. The molecule has 0 spiro atoms. The van der Waals surface area contributed by atoms with Gasteiger partial charge in [-0.25, -0.2) is 0 Å². The van der Waals surface area contributed by atoms with E-state index in [2.05, 4.69) is 114 Å². The fraction of sp³-hybridized carbons (Fsp3) is 0. The van der Waals surface area contributed by atoms with Crippen LogP contribution in [0.15, 0.2) is 146 Å². The number of nitrogens with two attached hydrogens (primary N) is 1. The van der Waals surface area contributed by atoms with E-state index < -0.39 is 0 Å². The quantitative estimate of drug-likeness (QED) is 0.187. The molecule has 1 aliphatic rings. The van der Waals surface area contributed by atoms with Gasteiger partial charge in [0, 0.05) is 126 Å². The molecular weight excluding hydrogens is 605 g/mol. The molecule has 49 heavy (non-hydrogen) atoms.